The first kappa shape index (κ1) is 10.1. The molecule has 0 saturated carbocycles. The highest BCUT2D eigenvalue weighted by Gasteiger charge is 2.15. The van der Waals surface area contributed by atoms with Crippen LogP contribution in [-0.4, -0.2) is 10.1 Å². The van der Waals surface area contributed by atoms with Gasteiger partial charge in [0.15, 0.2) is 0 Å². The first-order valence-electron chi connectivity index (χ1n) is 5.41. The van der Waals surface area contributed by atoms with Crippen LogP contribution in [0.3, 0.4) is 0 Å². The number of benzene rings is 1. The highest BCUT2D eigenvalue weighted by molar-refractivity contribution is 5.82. The van der Waals surface area contributed by atoms with Gasteiger partial charge in [0, 0.05) is 11.6 Å². The molecule has 1 atom stereocenters. The molecule has 0 radical (unpaired) electrons. The Labute approximate surface area is 98.3 Å². The molecule has 3 nitrogen and oxygen atoms in total. The molecule has 0 bridgehead atoms. The van der Waals surface area contributed by atoms with E-state index in [-0.39, 0.29) is 0 Å². The van der Waals surface area contributed by atoms with E-state index < -0.39 is 6.10 Å². The lowest BCUT2D eigenvalue weighted by Crippen LogP contribution is -1.99. The van der Waals surface area contributed by atoms with E-state index in [9.17, 15) is 5.11 Å². The molecular formula is C14H11NO2. The lowest BCUT2D eigenvalue weighted by Gasteiger charge is -2.10. The summed E-state index contributed by atoms with van der Waals surface area (Å²) in [5.74, 6) is 0.543. The molecule has 1 N–H and O–H groups in total. The zero-order valence-electron chi connectivity index (χ0n) is 9.08. The minimum Gasteiger partial charge on any atom is -0.466 e. The monoisotopic (exact) mass is 225 g/mol. The van der Waals surface area contributed by atoms with E-state index in [1.165, 1.54) is 0 Å². The van der Waals surface area contributed by atoms with Crippen molar-refractivity contribution in [1.29, 1.82) is 0 Å². The summed E-state index contributed by atoms with van der Waals surface area (Å²) in [5, 5.41) is 11.2. The van der Waals surface area contributed by atoms with Gasteiger partial charge in [0.25, 0.3) is 0 Å². The van der Waals surface area contributed by atoms with Crippen LogP contribution in [0.15, 0.2) is 59.3 Å². The van der Waals surface area contributed by atoms with Crippen molar-refractivity contribution in [1.82, 2.24) is 4.98 Å². The largest absolute Gasteiger partial charge is 0.466 e. The highest BCUT2D eigenvalue weighted by atomic mass is 16.4. The summed E-state index contributed by atoms with van der Waals surface area (Å²) in [4.78, 5) is 4.26. The molecule has 0 fully saturated rings. The van der Waals surface area contributed by atoms with Crippen LogP contribution in [-0.2, 0) is 0 Å². The Bertz CT molecular complexity index is 626. The van der Waals surface area contributed by atoms with Gasteiger partial charge in [0.2, 0.25) is 0 Å². The second-order valence-corrected chi connectivity index (χ2v) is 3.84. The number of aromatic nitrogens is 1. The zero-order chi connectivity index (χ0) is 11.7. The molecule has 0 aliphatic heterocycles. The summed E-state index contributed by atoms with van der Waals surface area (Å²) in [6, 6.07) is 13.1. The molecule has 0 saturated heterocycles. The van der Waals surface area contributed by atoms with E-state index in [2.05, 4.69) is 4.98 Å². The maximum Gasteiger partial charge on any atom is 0.137 e. The number of pyridine rings is 1. The van der Waals surface area contributed by atoms with E-state index in [4.69, 9.17) is 4.42 Å². The van der Waals surface area contributed by atoms with Crippen LogP contribution < -0.4 is 0 Å². The molecule has 3 heteroatoms. The highest BCUT2D eigenvalue weighted by Crippen LogP contribution is 2.27. The zero-order valence-corrected chi connectivity index (χ0v) is 9.08. The van der Waals surface area contributed by atoms with Crippen LogP contribution in [0.1, 0.15) is 17.4 Å². The molecule has 3 rings (SSSR count). The van der Waals surface area contributed by atoms with Crippen LogP contribution in [0.4, 0.5) is 0 Å². The fourth-order valence-electron chi connectivity index (χ4n) is 1.96. The minimum absolute atomic E-state index is 0.543. The van der Waals surface area contributed by atoms with Crippen LogP contribution >= 0.6 is 0 Å². The Kier molecular flexibility index (Phi) is 2.38. The van der Waals surface area contributed by atoms with Crippen LogP contribution in [0.2, 0.25) is 0 Å². The van der Waals surface area contributed by atoms with Gasteiger partial charge in [-0.3, -0.25) is 4.98 Å². The van der Waals surface area contributed by atoms with Gasteiger partial charge in [0.05, 0.1) is 11.8 Å². The second kappa shape index (κ2) is 4.03. The third-order valence-electron chi connectivity index (χ3n) is 2.79. The van der Waals surface area contributed by atoms with Gasteiger partial charge in [-0.2, -0.15) is 0 Å². The summed E-state index contributed by atoms with van der Waals surface area (Å²) in [5.41, 5.74) is 1.68. The Morgan fingerprint density at radius 1 is 1.06 bits per heavy atom. The van der Waals surface area contributed by atoms with Crippen molar-refractivity contribution in [2.45, 2.75) is 6.10 Å². The number of fused-ring (bicyclic) bond motifs is 1. The molecule has 3 aromatic rings. The van der Waals surface area contributed by atoms with Crippen LogP contribution in [0.25, 0.3) is 10.9 Å². The van der Waals surface area contributed by atoms with Crippen molar-refractivity contribution >= 4 is 10.9 Å². The molecule has 1 unspecified atom stereocenters. The van der Waals surface area contributed by atoms with Gasteiger partial charge in [-0.15, -0.1) is 0 Å². The molecule has 84 valence electrons. The number of para-hydroxylation sites is 1. The molecule has 0 aliphatic rings. The number of rotatable bonds is 2. The topological polar surface area (TPSA) is 46.3 Å². The van der Waals surface area contributed by atoms with Gasteiger partial charge in [-0.25, -0.2) is 0 Å². The standard InChI is InChI=1S/C14H11NO2/c16-14(13-6-3-9-17-13)11-7-8-15-12-5-2-1-4-10(11)12/h1-9,14,16H. The maximum atomic E-state index is 10.3. The second-order valence-electron chi connectivity index (χ2n) is 3.84. The molecule has 0 spiro atoms. The Hall–Kier alpha value is -2.13. The van der Waals surface area contributed by atoms with Gasteiger partial charge >= 0.3 is 0 Å². The summed E-state index contributed by atoms with van der Waals surface area (Å²) in [6.07, 6.45) is 2.50. The quantitative estimate of drug-likeness (QED) is 0.729. The van der Waals surface area contributed by atoms with Gasteiger partial charge < -0.3 is 9.52 Å². The third kappa shape index (κ3) is 1.70. The molecule has 17 heavy (non-hydrogen) atoms. The molecular weight excluding hydrogens is 214 g/mol. The van der Waals surface area contributed by atoms with Gasteiger partial charge in [-0.1, -0.05) is 18.2 Å². The molecule has 2 heterocycles. The fraction of sp³-hybridized carbons (Fsp3) is 0.0714. The van der Waals surface area contributed by atoms with Crippen LogP contribution in [0.5, 0.6) is 0 Å². The van der Waals surface area contributed by atoms with Crippen LogP contribution in [0, 0.1) is 0 Å². The van der Waals surface area contributed by atoms with Crippen molar-refractivity contribution in [2.75, 3.05) is 0 Å². The Morgan fingerprint density at radius 3 is 2.76 bits per heavy atom. The van der Waals surface area contributed by atoms with Crippen molar-refractivity contribution in [2.24, 2.45) is 0 Å². The van der Waals surface area contributed by atoms with Gasteiger partial charge in [-0.05, 0) is 29.8 Å². The van der Waals surface area contributed by atoms with E-state index in [0.717, 1.165) is 16.5 Å². The summed E-state index contributed by atoms with van der Waals surface area (Å²) in [7, 11) is 0. The first-order valence-corrected chi connectivity index (χ1v) is 5.41. The summed E-state index contributed by atoms with van der Waals surface area (Å²) >= 11 is 0. The number of hydrogen-bond donors (Lipinski definition) is 1. The average molecular weight is 225 g/mol. The van der Waals surface area contributed by atoms with Crippen molar-refractivity contribution in [3.05, 3.63) is 66.2 Å². The predicted octanol–water partition coefficient (Wildman–Crippen LogP) is 2.91. The summed E-state index contributed by atoms with van der Waals surface area (Å²) < 4.78 is 5.23. The lowest BCUT2D eigenvalue weighted by atomic mass is 10.0. The number of aliphatic hydroxyl groups excluding tert-OH is 1. The van der Waals surface area contributed by atoms with Gasteiger partial charge in [0.1, 0.15) is 11.9 Å². The lowest BCUT2D eigenvalue weighted by molar-refractivity contribution is 0.191. The first-order chi connectivity index (χ1) is 8.36. The fourth-order valence-corrected chi connectivity index (χ4v) is 1.96. The van der Waals surface area contributed by atoms with E-state index in [1.54, 1.807) is 24.6 Å². The average Bonchev–Trinajstić information content (AvgIpc) is 2.91. The van der Waals surface area contributed by atoms with E-state index in [0.29, 0.717) is 5.76 Å². The SMILES string of the molecule is OC(c1ccco1)c1ccnc2ccccc12. The Morgan fingerprint density at radius 2 is 1.94 bits per heavy atom. The van der Waals surface area contributed by atoms with Crippen molar-refractivity contribution in [3.63, 3.8) is 0 Å². The summed E-state index contributed by atoms with van der Waals surface area (Å²) in [6.45, 7) is 0. The normalized spacial score (nSPS) is 12.8. The van der Waals surface area contributed by atoms with Crippen molar-refractivity contribution in [3.8, 4) is 0 Å². The molecule has 0 amide bonds. The third-order valence-corrected chi connectivity index (χ3v) is 2.79. The number of nitrogens with zero attached hydrogens (tertiary/aromatic N) is 1. The molecule has 2 aromatic heterocycles. The molecule has 0 aliphatic carbocycles. The number of hydrogen-bond acceptors (Lipinski definition) is 3. The van der Waals surface area contributed by atoms with E-state index >= 15 is 0 Å². The Balaban J connectivity index is 2.17. The van der Waals surface area contributed by atoms with Crippen molar-refractivity contribution < 1.29 is 9.52 Å². The predicted molar refractivity (Wildman–Crippen MR) is 64.5 cm³/mol. The van der Waals surface area contributed by atoms with E-state index in [1.807, 2.05) is 30.3 Å². The smallest absolute Gasteiger partial charge is 0.137 e. The maximum absolute atomic E-state index is 10.3. The number of furan rings is 1. The molecule has 1 aromatic carbocycles. The minimum atomic E-state index is -0.752. The number of aliphatic hydroxyl groups is 1.